The molecular weight excluding hydrogens is 408 g/mol. The molecule has 1 amide bonds. The monoisotopic (exact) mass is 422 g/mol. The first-order valence-corrected chi connectivity index (χ1v) is 8.99. The number of primary amides is 1. The number of carbonyl (C=O) groups excluding carboxylic acids is 1. The van der Waals surface area contributed by atoms with E-state index in [0.29, 0.717) is 22.7 Å². The van der Waals surface area contributed by atoms with Crippen LogP contribution in [0, 0.1) is 6.92 Å². The van der Waals surface area contributed by atoms with E-state index < -0.39 is 5.91 Å². The molecule has 2 N–H and O–H groups in total. The summed E-state index contributed by atoms with van der Waals surface area (Å²) in [5.41, 5.74) is 9.15. The number of pyridine rings is 1. The molecule has 0 saturated heterocycles. The number of rotatable bonds is 4. The molecule has 0 unspecified atom stereocenters. The second-order valence-electron chi connectivity index (χ2n) is 5.98. The second-order valence-corrected chi connectivity index (χ2v) is 6.73. The van der Waals surface area contributed by atoms with Gasteiger partial charge in [-0.3, -0.25) is 9.78 Å². The molecule has 0 atom stereocenters. The highest BCUT2D eigenvalue weighted by atomic mass is 79.9. The first-order valence-electron chi connectivity index (χ1n) is 8.20. The molecule has 4 rings (SSSR count). The molecule has 0 bridgehead atoms. The van der Waals surface area contributed by atoms with Crippen molar-refractivity contribution in [3.05, 3.63) is 76.9 Å². The molecule has 3 aromatic heterocycles. The van der Waals surface area contributed by atoms with E-state index in [1.54, 1.807) is 24.7 Å². The minimum atomic E-state index is -0.509. The molecule has 0 saturated carbocycles. The zero-order valence-electron chi connectivity index (χ0n) is 14.4. The van der Waals surface area contributed by atoms with Crippen LogP contribution in [-0.2, 0) is 0 Å². The summed E-state index contributed by atoms with van der Waals surface area (Å²) in [6.45, 7) is 1.91. The summed E-state index contributed by atoms with van der Waals surface area (Å²) in [6.07, 6.45) is 5.05. The van der Waals surface area contributed by atoms with Crippen LogP contribution in [0.4, 0.5) is 0 Å². The number of hydrogen-bond acceptors (Lipinski definition) is 4. The van der Waals surface area contributed by atoms with E-state index in [0.717, 1.165) is 21.4 Å². The van der Waals surface area contributed by atoms with Crippen LogP contribution in [-0.4, -0.2) is 20.3 Å². The summed E-state index contributed by atoms with van der Waals surface area (Å²) < 4.78 is 8.36. The van der Waals surface area contributed by atoms with E-state index in [9.17, 15) is 4.79 Å². The number of benzene rings is 1. The lowest BCUT2D eigenvalue weighted by Gasteiger charge is -2.07. The number of amides is 1. The number of nitrogens with two attached hydrogens (primary N) is 1. The van der Waals surface area contributed by atoms with Gasteiger partial charge in [-0.2, -0.15) is 0 Å². The molecule has 4 aromatic rings. The van der Waals surface area contributed by atoms with E-state index >= 15 is 0 Å². The van der Waals surface area contributed by atoms with Gasteiger partial charge in [0.2, 0.25) is 5.88 Å². The standard InChI is InChI=1S/C20H15BrN4O2/c1-12-3-2-4-16(24-12)27-14-7-5-13(6-8-14)17-18(20(22)26)15-11-23-9-10-25(15)19(17)21/h2-11H,1H3,(H2,22,26). The van der Waals surface area contributed by atoms with Crippen molar-refractivity contribution in [3.63, 3.8) is 0 Å². The molecule has 7 heteroatoms. The van der Waals surface area contributed by atoms with Crippen LogP contribution >= 0.6 is 15.9 Å². The summed E-state index contributed by atoms with van der Waals surface area (Å²) in [7, 11) is 0. The van der Waals surface area contributed by atoms with E-state index in [2.05, 4.69) is 25.9 Å². The number of nitrogens with zero attached hydrogens (tertiary/aromatic N) is 3. The fourth-order valence-corrected chi connectivity index (χ4v) is 3.70. The Hall–Kier alpha value is -3.19. The largest absolute Gasteiger partial charge is 0.439 e. The van der Waals surface area contributed by atoms with Gasteiger partial charge in [0.15, 0.2) is 0 Å². The van der Waals surface area contributed by atoms with Crippen LogP contribution in [0.25, 0.3) is 16.6 Å². The highest BCUT2D eigenvalue weighted by Gasteiger charge is 2.21. The third-order valence-electron chi connectivity index (χ3n) is 4.16. The molecule has 134 valence electrons. The minimum absolute atomic E-state index is 0.420. The van der Waals surface area contributed by atoms with Crippen molar-refractivity contribution in [3.8, 4) is 22.8 Å². The predicted octanol–water partition coefficient (Wildman–Crippen LogP) is 4.36. The van der Waals surface area contributed by atoms with Crippen molar-refractivity contribution in [1.29, 1.82) is 0 Å². The molecule has 1 aromatic carbocycles. The predicted molar refractivity (Wildman–Crippen MR) is 106 cm³/mol. The summed E-state index contributed by atoms with van der Waals surface area (Å²) in [4.78, 5) is 20.5. The Morgan fingerprint density at radius 2 is 1.96 bits per heavy atom. The quantitative estimate of drug-likeness (QED) is 0.529. The Balaban J connectivity index is 1.75. The zero-order chi connectivity index (χ0) is 19.0. The van der Waals surface area contributed by atoms with E-state index in [1.807, 2.05) is 47.7 Å². The molecule has 0 aliphatic rings. The molecule has 0 spiro atoms. The van der Waals surface area contributed by atoms with Crippen LogP contribution < -0.4 is 10.5 Å². The van der Waals surface area contributed by atoms with Gasteiger partial charge in [0.1, 0.15) is 5.75 Å². The lowest BCUT2D eigenvalue weighted by atomic mass is 10.0. The van der Waals surface area contributed by atoms with Gasteiger partial charge in [-0.25, -0.2) is 4.98 Å². The molecule has 6 nitrogen and oxygen atoms in total. The van der Waals surface area contributed by atoms with Crippen LogP contribution in [0.5, 0.6) is 11.6 Å². The Labute approximate surface area is 163 Å². The van der Waals surface area contributed by atoms with Crippen LogP contribution in [0.3, 0.4) is 0 Å². The van der Waals surface area contributed by atoms with Crippen molar-refractivity contribution in [1.82, 2.24) is 14.4 Å². The number of aryl methyl sites for hydroxylation is 1. The number of halogens is 1. The van der Waals surface area contributed by atoms with Crippen molar-refractivity contribution in [2.45, 2.75) is 6.92 Å². The summed E-state index contributed by atoms with van der Waals surface area (Å²) in [6, 6.07) is 13.0. The summed E-state index contributed by atoms with van der Waals surface area (Å²) in [5.74, 6) is 0.673. The number of carbonyl (C=O) groups is 1. The normalized spacial score (nSPS) is 10.9. The Morgan fingerprint density at radius 3 is 2.67 bits per heavy atom. The van der Waals surface area contributed by atoms with E-state index in [4.69, 9.17) is 10.5 Å². The third-order valence-corrected chi connectivity index (χ3v) is 4.94. The first kappa shape index (κ1) is 17.2. The highest BCUT2D eigenvalue weighted by molar-refractivity contribution is 9.10. The third kappa shape index (κ3) is 3.17. The average molecular weight is 423 g/mol. The maximum Gasteiger partial charge on any atom is 0.251 e. The van der Waals surface area contributed by atoms with Crippen LogP contribution in [0.15, 0.2) is 65.7 Å². The van der Waals surface area contributed by atoms with Crippen molar-refractivity contribution in [2.75, 3.05) is 0 Å². The van der Waals surface area contributed by atoms with Gasteiger partial charge in [-0.15, -0.1) is 0 Å². The highest BCUT2D eigenvalue weighted by Crippen LogP contribution is 2.37. The Kier molecular flexibility index (Phi) is 4.37. The Morgan fingerprint density at radius 1 is 1.19 bits per heavy atom. The van der Waals surface area contributed by atoms with Crippen molar-refractivity contribution >= 4 is 27.4 Å². The van der Waals surface area contributed by atoms with Crippen LogP contribution in [0.1, 0.15) is 16.1 Å². The molecule has 0 fully saturated rings. The molecule has 0 radical (unpaired) electrons. The maximum absolute atomic E-state index is 12.1. The van der Waals surface area contributed by atoms with Gasteiger partial charge in [0, 0.05) is 29.7 Å². The Bertz CT molecular complexity index is 1150. The summed E-state index contributed by atoms with van der Waals surface area (Å²) >= 11 is 3.57. The molecule has 0 aliphatic heterocycles. The molecule has 27 heavy (non-hydrogen) atoms. The summed E-state index contributed by atoms with van der Waals surface area (Å²) in [5, 5.41) is 0. The lowest BCUT2D eigenvalue weighted by molar-refractivity contribution is 0.100. The van der Waals surface area contributed by atoms with Crippen LogP contribution in [0.2, 0.25) is 0 Å². The fraction of sp³-hybridized carbons (Fsp3) is 0.0500. The van der Waals surface area contributed by atoms with Gasteiger partial charge < -0.3 is 14.9 Å². The second kappa shape index (κ2) is 6.85. The maximum atomic E-state index is 12.1. The first-order chi connectivity index (χ1) is 13.0. The molecule has 3 heterocycles. The van der Waals surface area contributed by atoms with Gasteiger partial charge in [-0.05, 0) is 46.6 Å². The SMILES string of the molecule is Cc1cccc(Oc2ccc(-c3c(C(N)=O)c4cnccn4c3Br)cc2)n1. The lowest BCUT2D eigenvalue weighted by Crippen LogP contribution is -2.11. The van der Waals surface area contributed by atoms with Gasteiger partial charge in [0.05, 0.1) is 21.9 Å². The zero-order valence-corrected chi connectivity index (χ0v) is 16.0. The molecule has 0 aliphatic carbocycles. The molecular formula is C20H15BrN4O2. The minimum Gasteiger partial charge on any atom is -0.439 e. The van der Waals surface area contributed by atoms with E-state index in [1.165, 1.54) is 0 Å². The van der Waals surface area contributed by atoms with Crippen molar-refractivity contribution in [2.24, 2.45) is 5.73 Å². The van der Waals surface area contributed by atoms with Gasteiger partial charge >= 0.3 is 0 Å². The number of ether oxygens (including phenoxy) is 1. The number of hydrogen-bond donors (Lipinski definition) is 1. The van der Waals surface area contributed by atoms with E-state index in [-0.39, 0.29) is 0 Å². The topological polar surface area (TPSA) is 82.5 Å². The number of aromatic nitrogens is 3. The fourth-order valence-electron chi connectivity index (χ4n) is 2.97. The van der Waals surface area contributed by atoms with Crippen molar-refractivity contribution < 1.29 is 9.53 Å². The smallest absolute Gasteiger partial charge is 0.251 e. The number of fused-ring (bicyclic) bond motifs is 1. The van der Waals surface area contributed by atoms with Gasteiger partial charge in [0.25, 0.3) is 5.91 Å². The average Bonchev–Trinajstić information content (AvgIpc) is 2.96. The van der Waals surface area contributed by atoms with Gasteiger partial charge in [-0.1, -0.05) is 18.2 Å².